The predicted molar refractivity (Wildman–Crippen MR) is 76.9 cm³/mol. The van der Waals surface area contributed by atoms with Gasteiger partial charge in [0.25, 0.3) is 0 Å². The van der Waals surface area contributed by atoms with Gasteiger partial charge in [-0.2, -0.15) is 5.26 Å². The highest BCUT2D eigenvalue weighted by molar-refractivity contribution is 5.60. The maximum Gasteiger partial charge on any atom is 0.103 e. The van der Waals surface area contributed by atoms with E-state index in [4.69, 9.17) is 0 Å². The molecule has 3 nitrogen and oxygen atoms in total. The third kappa shape index (κ3) is 2.92. The van der Waals surface area contributed by atoms with Crippen LogP contribution in [0, 0.1) is 25.2 Å². The Morgan fingerprint density at radius 1 is 1.21 bits per heavy atom. The monoisotopic (exact) mass is 251 g/mol. The number of nitrogens with zero attached hydrogens (tertiary/aromatic N) is 2. The number of rotatable bonds is 3. The summed E-state index contributed by atoms with van der Waals surface area (Å²) in [6.45, 7) is 5.89. The van der Waals surface area contributed by atoms with Crippen LogP contribution in [0.2, 0.25) is 0 Å². The Bertz CT molecular complexity index is 612. The van der Waals surface area contributed by atoms with E-state index in [1.165, 1.54) is 5.56 Å². The molecule has 0 radical (unpaired) electrons. The SMILES string of the molecule is Cc1cc(NC(C)c2ccccc2)c(C#N)c(C)n1. The minimum Gasteiger partial charge on any atom is -0.377 e. The maximum atomic E-state index is 9.24. The number of hydrogen-bond acceptors (Lipinski definition) is 3. The van der Waals surface area contributed by atoms with E-state index in [-0.39, 0.29) is 6.04 Å². The number of benzene rings is 1. The van der Waals surface area contributed by atoms with Crippen molar-refractivity contribution in [1.82, 2.24) is 4.98 Å². The average Bonchev–Trinajstić information content (AvgIpc) is 2.39. The van der Waals surface area contributed by atoms with Crippen molar-refractivity contribution in [3.05, 3.63) is 58.9 Å². The first-order valence-electron chi connectivity index (χ1n) is 6.31. The molecular formula is C16H17N3. The van der Waals surface area contributed by atoms with Crippen LogP contribution in [-0.2, 0) is 0 Å². The van der Waals surface area contributed by atoms with Crippen LogP contribution in [0.15, 0.2) is 36.4 Å². The minimum absolute atomic E-state index is 0.148. The van der Waals surface area contributed by atoms with Crippen molar-refractivity contribution in [2.24, 2.45) is 0 Å². The molecule has 96 valence electrons. The Morgan fingerprint density at radius 3 is 2.53 bits per heavy atom. The summed E-state index contributed by atoms with van der Waals surface area (Å²) < 4.78 is 0. The van der Waals surface area contributed by atoms with Crippen LogP contribution >= 0.6 is 0 Å². The molecule has 0 saturated carbocycles. The molecule has 1 aromatic carbocycles. The Balaban J connectivity index is 2.32. The highest BCUT2D eigenvalue weighted by Crippen LogP contribution is 2.24. The van der Waals surface area contributed by atoms with Crippen molar-refractivity contribution >= 4 is 5.69 Å². The van der Waals surface area contributed by atoms with E-state index in [1.807, 2.05) is 38.1 Å². The summed E-state index contributed by atoms with van der Waals surface area (Å²) in [4.78, 5) is 4.32. The summed E-state index contributed by atoms with van der Waals surface area (Å²) in [6, 6.07) is 14.5. The lowest BCUT2D eigenvalue weighted by molar-refractivity contribution is 0.880. The van der Waals surface area contributed by atoms with Crippen LogP contribution in [0.5, 0.6) is 0 Å². The van der Waals surface area contributed by atoms with Gasteiger partial charge in [0.15, 0.2) is 0 Å². The smallest absolute Gasteiger partial charge is 0.103 e. The third-order valence-electron chi connectivity index (χ3n) is 3.11. The van der Waals surface area contributed by atoms with Crippen LogP contribution in [0.3, 0.4) is 0 Å². The van der Waals surface area contributed by atoms with E-state index in [0.29, 0.717) is 5.56 Å². The molecule has 1 atom stereocenters. The number of pyridine rings is 1. The van der Waals surface area contributed by atoms with Gasteiger partial charge < -0.3 is 5.32 Å². The standard InChI is InChI=1S/C16H17N3/c1-11-9-16(15(10-17)13(3)18-11)19-12(2)14-7-5-4-6-8-14/h4-9,12H,1-3H3,(H,18,19). The molecule has 3 heteroatoms. The van der Waals surface area contributed by atoms with E-state index in [0.717, 1.165) is 17.1 Å². The summed E-state index contributed by atoms with van der Waals surface area (Å²) >= 11 is 0. The van der Waals surface area contributed by atoms with Gasteiger partial charge in [-0.1, -0.05) is 30.3 Å². The largest absolute Gasteiger partial charge is 0.377 e. The second kappa shape index (κ2) is 5.53. The average molecular weight is 251 g/mol. The van der Waals surface area contributed by atoms with Gasteiger partial charge in [-0.3, -0.25) is 4.98 Å². The second-order valence-corrected chi connectivity index (χ2v) is 4.66. The Hall–Kier alpha value is -2.34. The number of nitrogens with one attached hydrogen (secondary N) is 1. The molecule has 0 aliphatic heterocycles. The maximum absolute atomic E-state index is 9.24. The number of nitriles is 1. The lowest BCUT2D eigenvalue weighted by Crippen LogP contribution is -2.09. The van der Waals surface area contributed by atoms with Crippen LogP contribution in [0.1, 0.15) is 35.5 Å². The van der Waals surface area contributed by atoms with E-state index >= 15 is 0 Å². The molecule has 0 fully saturated rings. The molecule has 1 unspecified atom stereocenters. The zero-order valence-corrected chi connectivity index (χ0v) is 11.4. The molecular weight excluding hydrogens is 234 g/mol. The number of aryl methyl sites for hydroxylation is 2. The third-order valence-corrected chi connectivity index (χ3v) is 3.11. The zero-order chi connectivity index (χ0) is 13.8. The normalized spacial score (nSPS) is 11.7. The number of aromatic nitrogens is 1. The molecule has 1 aromatic heterocycles. The molecule has 1 N–H and O–H groups in total. The van der Waals surface area contributed by atoms with Gasteiger partial charge in [-0.25, -0.2) is 0 Å². The lowest BCUT2D eigenvalue weighted by atomic mass is 10.1. The predicted octanol–water partition coefficient (Wildman–Crippen LogP) is 3.74. The fraction of sp³-hybridized carbons (Fsp3) is 0.250. The highest BCUT2D eigenvalue weighted by atomic mass is 14.9. The van der Waals surface area contributed by atoms with E-state index in [9.17, 15) is 5.26 Å². The molecule has 0 aliphatic carbocycles. The lowest BCUT2D eigenvalue weighted by Gasteiger charge is -2.17. The Morgan fingerprint density at radius 2 is 1.89 bits per heavy atom. The quantitative estimate of drug-likeness (QED) is 0.904. The van der Waals surface area contributed by atoms with Crippen molar-refractivity contribution < 1.29 is 0 Å². The Kier molecular flexibility index (Phi) is 3.82. The molecule has 0 saturated heterocycles. The number of hydrogen-bond donors (Lipinski definition) is 1. The van der Waals surface area contributed by atoms with Crippen LogP contribution in [0.25, 0.3) is 0 Å². The molecule has 0 amide bonds. The molecule has 0 spiro atoms. The van der Waals surface area contributed by atoms with E-state index in [2.05, 4.69) is 35.4 Å². The Labute approximate surface area is 113 Å². The molecule has 2 rings (SSSR count). The molecule has 19 heavy (non-hydrogen) atoms. The van der Waals surface area contributed by atoms with Gasteiger partial charge >= 0.3 is 0 Å². The summed E-state index contributed by atoms with van der Waals surface area (Å²) in [5.74, 6) is 0. The number of anilines is 1. The van der Waals surface area contributed by atoms with Crippen molar-refractivity contribution in [2.45, 2.75) is 26.8 Å². The zero-order valence-electron chi connectivity index (χ0n) is 11.4. The van der Waals surface area contributed by atoms with Crippen molar-refractivity contribution in [3.8, 4) is 6.07 Å². The highest BCUT2D eigenvalue weighted by Gasteiger charge is 2.11. The summed E-state index contributed by atoms with van der Waals surface area (Å²) in [5, 5.41) is 12.6. The van der Waals surface area contributed by atoms with E-state index in [1.54, 1.807) is 0 Å². The summed E-state index contributed by atoms with van der Waals surface area (Å²) in [7, 11) is 0. The van der Waals surface area contributed by atoms with Gasteiger partial charge in [0, 0.05) is 11.7 Å². The van der Waals surface area contributed by atoms with Crippen LogP contribution in [0.4, 0.5) is 5.69 Å². The van der Waals surface area contributed by atoms with Gasteiger partial charge in [0.1, 0.15) is 6.07 Å². The van der Waals surface area contributed by atoms with E-state index < -0.39 is 0 Å². The van der Waals surface area contributed by atoms with Crippen molar-refractivity contribution in [1.29, 1.82) is 5.26 Å². The first-order chi connectivity index (χ1) is 9.11. The molecule has 0 bridgehead atoms. The van der Waals surface area contributed by atoms with Gasteiger partial charge in [0.05, 0.1) is 16.9 Å². The minimum atomic E-state index is 0.148. The molecule has 1 heterocycles. The van der Waals surface area contributed by atoms with Gasteiger partial charge in [0.2, 0.25) is 0 Å². The summed E-state index contributed by atoms with van der Waals surface area (Å²) in [5.41, 5.74) is 4.35. The van der Waals surface area contributed by atoms with Crippen molar-refractivity contribution in [3.63, 3.8) is 0 Å². The first kappa shape index (κ1) is 13.1. The van der Waals surface area contributed by atoms with Crippen LogP contribution < -0.4 is 5.32 Å². The van der Waals surface area contributed by atoms with Crippen molar-refractivity contribution in [2.75, 3.05) is 5.32 Å². The fourth-order valence-electron chi connectivity index (χ4n) is 2.14. The first-order valence-corrected chi connectivity index (χ1v) is 6.31. The molecule has 2 aromatic rings. The van der Waals surface area contributed by atoms with Gasteiger partial charge in [-0.15, -0.1) is 0 Å². The molecule has 0 aliphatic rings. The fourth-order valence-corrected chi connectivity index (χ4v) is 2.14. The summed E-state index contributed by atoms with van der Waals surface area (Å²) in [6.07, 6.45) is 0. The van der Waals surface area contributed by atoms with Crippen LogP contribution in [-0.4, -0.2) is 4.98 Å². The topological polar surface area (TPSA) is 48.7 Å². The van der Waals surface area contributed by atoms with Gasteiger partial charge in [-0.05, 0) is 32.4 Å². The second-order valence-electron chi connectivity index (χ2n) is 4.66.